The van der Waals surface area contributed by atoms with Crippen LogP contribution in [-0.2, 0) is 0 Å². The van der Waals surface area contributed by atoms with Gasteiger partial charge in [-0.1, -0.05) is 18.2 Å². The summed E-state index contributed by atoms with van der Waals surface area (Å²) in [4.78, 5) is 8.77. The van der Waals surface area contributed by atoms with E-state index in [0.29, 0.717) is 22.3 Å². The van der Waals surface area contributed by atoms with Gasteiger partial charge in [-0.3, -0.25) is 0 Å². The van der Waals surface area contributed by atoms with Crippen molar-refractivity contribution in [2.75, 3.05) is 5.73 Å². The molecule has 4 heteroatoms. The number of halogens is 1. The molecular weight excluding hydrogens is 253 g/mol. The average Bonchev–Trinajstić information content (AvgIpc) is 2.38. The Bertz CT molecular complexity index is 789. The Hall–Kier alpha value is -2.49. The first-order valence-corrected chi connectivity index (χ1v) is 6.35. The number of benzene rings is 2. The van der Waals surface area contributed by atoms with E-state index in [0.717, 1.165) is 11.1 Å². The zero-order valence-electron chi connectivity index (χ0n) is 11.3. The topological polar surface area (TPSA) is 51.8 Å². The van der Waals surface area contributed by atoms with Crippen LogP contribution in [0.2, 0.25) is 0 Å². The molecule has 1 aromatic heterocycles. The summed E-state index contributed by atoms with van der Waals surface area (Å²) in [6.45, 7) is 3.71. The number of anilines is 1. The molecule has 0 bridgehead atoms. The van der Waals surface area contributed by atoms with Gasteiger partial charge in [0.25, 0.3) is 0 Å². The predicted octanol–water partition coefficient (Wildman–Crippen LogP) is 3.63. The second-order valence-electron chi connectivity index (χ2n) is 4.88. The van der Waals surface area contributed by atoms with Crippen LogP contribution in [0.5, 0.6) is 0 Å². The molecule has 0 fully saturated rings. The molecule has 0 aliphatic heterocycles. The first-order valence-electron chi connectivity index (χ1n) is 6.35. The molecule has 1 heterocycles. The fraction of sp³-hybridized carbons (Fsp3) is 0.125. The number of hydrogen-bond donors (Lipinski definition) is 1. The molecule has 0 atom stereocenters. The number of rotatable bonds is 1. The maximum absolute atomic E-state index is 14.3. The number of para-hydroxylation sites is 2. The lowest BCUT2D eigenvalue weighted by atomic mass is 10.0. The van der Waals surface area contributed by atoms with Crippen LogP contribution in [0.4, 0.5) is 10.2 Å². The Labute approximate surface area is 116 Å². The van der Waals surface area contributed by atoms with Crippen molar-refractivity contribution in [3.8, 4) is 11.3 Å². The highest BCUT2D eigenvalue weighted by atomic mass is 19.1. The van der Waals surface area contributed by atoms with Crippen LogP contribution < -0.4 is 5.73 Å². The molecule has 3 rings (SSSR count). The van der Waals surface area contributed by atoms with E-state index in [1.165, 1.54) is 6.07 Å². The molecular formula is C16H14FN3. The van der Waals surface area contributed by atoms with Crippen molar-refractivity contribution in [3.63, 3.8) is 0 Å². The van der Waals surface area contributed by atoms with E-state index in [1.807, 2.05) is 44.2 Å². The third-order valence-electron chi connectivity index (χ3n) is 3.27. The number of nitrogen functional groups attached to an aromatic ring is 1. The van der Waals surface area contributed by atoms with Gasteiger partial charge in [-0.25, -0.2) is 14.4 Å². The molecule has 0 unspecified atom stereocenters. The number of hydrogen-bond acceptors (Lipinski definition) is 3. The SMILES string of the molecule is Cc1cc(C)c(-c2nc3ccccc3nc2N)c(F)c1. The fourth-order valence-corrected chi connectivity index (χ4v) is 2.41. The number of fused-ring (bicyclic) bond motifs is 1. The van der Waals surface area contributed by atoms with Crippen molar-refractivity contribution in [1.82, 2.24) is 9.97 Å². The van der Waals surface area contributed by atoms with E-state index in [2.05, 4.69) is 9.97 Å². The smallest absolute Gasteiger partial charge is 0.150 e. The Morgan fingerprint density at radius 3 is 2.30 bits per heavy atom. The predicted molar refractivity (Wildman–Crippen MR) is 78.8 cm³/mol. The van der Waals surface area contributed by atoms with Gasteiger partial charge in [0.1, 0.15) is 11.5 Å². The molecule has 2 N–H and O–H groups in total. The first kappa shape index (κ1) is 12.5. The van der Waals surface area contributed by atoms with Crippen LogP contribution in [0.15, 0.2) is 36.4 Å². The molecule has 0 radical (unpaired) electrons. The quantitative estimate of drug-likeness (QED) is 0.732. The highest BCUT2D eigenvalue weighted by molar-refractivity contribution is 5.83. The average molecular weight is 267 g/mol. The van der Waals surface area contributed by atoms with Gasteiger partial charge >= 0.3 is 0 Å². The largest absolute Gasteiger partial charge is 0.382 e. The van der Waals surface area contributed by atoms with E-state index in [-0.39, 0.29) is 11.6 Å². The number of nitrogens with zero attached hydrogens (tertiary/aromatic N) is 2. The standard InChI is InChI=1S/C16H14FN3/c1-9-7-10(2)14(11(17)8-9)15-16(18)20-13-6-4-3-5-12(13)19-15/h3-8H,1-2H3,(H2,18,20). The summed E-state index contributed by atoms with van der Waals surface area (Å²) >= 11 is 0. The Morgan fingerprint density at radius 1 is 1.00 bits per heavy atom. The fourth-order valence-electron chi connectivity index (χ4n) is 2.41. The summed E-state index contributed by atoms with van der Waals surface area (Å²) in [5.41, 5.74) is 9.87. The normalized spacial score (nSPS) is 10.9. The zero-order chi connectivity index (χ0) is 14.3. The van der Waals surface area contributed by atoms with Gasteiger partial charge in [0, 0.05) is 5.56 Å². The number of aryl methyl sites for hydroxylation is 2. The van der Waals surface area contributed by atoms with E-state index >= 15 is 0 Å². The van der Waals surface area contributed by atoms with E-state index in [1.54, 1.807) is 0 Å². The minimum absolute atomic E-state index is 0.245. The Balaban J connectivity index is 2.32. The first-order chi connectivity index (χ1) is 9.56. The van der Waals surface area contributed by atoms with E-state index in [9.17, 15) is 4.39 Å². The van der Waals surface area contributed by atoms with Crippen LogP contribution >= 0.6 is 0 Å². The summed E-state index contributed by atoms with van der Waals surface area (Å²) in [6, 6.07) is 10.8. The molecule has 0 aliphatic rings. The summed E-state index contributed by atoms with van der Waals surface area (Å²) in [7, 11) is 0. The van der Waals surface area contributed by atoms with Crippen molar-refractivity contribution in [1.29, 1.82) is 0 Å². The lowest BCUT2D eigenvalue weighted by Crippen LogP contribution is -2.01. The van der Waals surface area contributed by atoms with Gasteiger partial charge in [0.15, 0.2) is 5.82 Å². The lowest BCUT2D eigenvalue weighted by molar-refractivity contribution is 0.628. The van der Waals surface area contributed by atoms with Crippen LogP contribution in [0.25, 0.3) is 22.3 Å². The molecule has 2 aromatic carbocycles. The second kappa shape index (κ2) is 4.56. The minimum Gasteiger partial charge on any atom is -0.382 e. The molecule has 0 aliphatic carbocycles. The molecule has 100 valence electrons. The van der Waals surface area contributed by atoms with Gasteiger partial charge in [0.05, 0.1) is 11.0 Å². The summed E-state index contributed by atoms with van der Waals surface area (Å²) in [6.07, 6.45) is 0. The minimum atomic E-state index is -0.321. The van der Waals surface area contributed by atoms with Gasteiger partial charge in [-0.05, 0) is 43.2 Å². The molecule has 20 heavy (non-hydrogen) atoms. The summed E-state index contributed by atoms with van der Waals surface area (Å²) in [5.74, 6) is -0.0756. The molecule has 0 spiro atoms. The van der Waals surface area contributed by atoms with Gasteiger partial charge in [0.2, 0.25) is 0 Å². The van der Waals surface area contributed by atoms with Crippen molar-refractivity contribution in [2.45, 2.75) is 13.8 Å². The maximum Gasteiger partial charge on any atom is 0.150 e. The third kappa shape index (κ3) is 1.99. The molecule has 3 aromatic rings. The van der Waals surface area contributed by atoms with Gasteiger partial charge < -0.3 is 5.73 Å². The van der Waals surface area contributed by atoms with Crippen LogP contribution in [-0.4, -0.2) is 9.97 Å². The van der Waals surface area contributed by atoms with Crippen LogP contribution in [0.1, 0.15) is 11.1 Å². The van der Waals surface area contributed by atoms with Crippen molar-refractivity contribution >= 4 is 16.9 Å². The highest BCUT2D eigenvalue weighted by Crippen LogP contribution is 2.30. The van der Waals surface area contributed by atoms with Gasteiger partial charge in [-0.15, -0.1) is 0 Å². The lowest BCUT2D eigenvalue weighted by Gasteiger charge is -2.11. The number of nitrogens with two attached hydrogens (primary N) is 1. The maximum atomic E-state index is 14.3. The van der Waals surface area contributed by atoms with Crippen LogP contribution in [0, 0.1) is 19.7 Å². The zero-order valence-corrected chi connectivity index (χ0v) is 11.3. The Morgan fingerprint density at radius 2 is 1.65 bits per heavy atom. The number of aromatic nitrogens is 2. The monoisotopic (exact) mass is 267 g/mol. The van der Waals surface area contributed by atoms with Crippen molar-refractivity contribution in [3.05, 3.63) is 53.3 Å². The summed E-state index contributed by atoms with van der Waals surface area (Å²) in [5, 5.41) is 0. The molecule has 0 saturated carbocycles. The van der Waals surface area contributed by atoms with Crippen molar-refractivity contribution in [2.24, 2.45) is 0 Å². The second-order valence-corrected chi connectivity index (χ2v) is 4.88. The molecule has 0 amide bonds. The molecule has 3 nitrogen and oxygen atoms in total. The Kier molecular flexibility index (Phi) is 2.86. The van der Waals surface area contributed by atoms with Crippen LogP contribution in [0.3, 0.4) is 0 Å². The van der Waals surface area contributed by atoms with E-state index < -0.39 is 0 Å². The summed E-state index contributed by atoms with van der Waals surface area (Å²) < 4.78 is 14.3. The van der Waals surface area contributed by atoms with Gasteiger partial charge in [-0.2, -0.15) is 0 Å². The molecule has 0 saturated heterocycles. The third-order valence-corrected chi connectivity index (χ3v) is 3.27. The highest BCUT2D eigenvalue weighted by Gasteiger charge is 2.15. The van der Waals surface area contributed by atoms with E-state index in [4.69, 9.17) is 5.73 Å². The van der Waals surface area contributed by atoms with Crippen molar-refractivity contribution < 1.29 is 4.39 Å².